The lowest BCUT2D eigenvalue weighted by molar-refractivity contribution is -0.118. The minimum Gasteiger partial charge on any atom is -0.478 e. The zero-order valence-corrected chi connectivity index (χ0v) is 18.0. The topological polar surface area (TPSA) is 51.2 Å². The number of rotatable bonds is 14. The van der Waals surface area contributed by atoms with Gasteiger partial charge >= 0.3 is 0 Å². The second-order valence-electron chi connectivity index (χ2n) is 7.65. The number of fused-ring (bicyclic) bond motifs is 1. The van der Waals surface area contributed by atoms with Crippen LogP contribution < -0.4 is 10.1 Å². The summed E-state index contributed by atoms with van der Waals surface area (Å²) >= 11 is 0. The average molecular weight is 413 g/mol. The van der Waals surface area contributed by atoms with Gasteiger partial charge in [-0.2, -0.15) is 0 Å². The Balaban J connectivity index is 1.45. The number of ether oxygens (including phenoxy) is 1. The standard InChI is InChI=1S/C25H33FN2O2/c1-20(2)19-27-25(29)22(26)14-9-7-5-3-4-6-8-12-18-30-24-17-16-21-13-10-11-15-23(21)28-24/h10-11,13-17H,1,3-9,12,18-19H2,2H3,(H,27,29)/b22-14-. The largest absolute Gasteiger partial charge is 0.478 e. The fraction of sp³-hybridized carbons (Fsp3) is 0.440. The molecule has 0 radical (unpaired) electrons. The molecule has 0 fully saturated rings. The molecule has 1 N–H and O–H groups in total. The SMILES string of the molecule is C=C(C)CNC(=O)/C(F)=C/CCCCCCCCCOc1ccc2ccccc2n1. The second-order valence-corrected chi connectivity index (χ2v) is 7.65. The van der Waals surface area contributed by atoms with E-state index in [0.29, 0.717) is 25.5 Å². The highest BCUT2D eigenvalue weighted by molar-refractivity contribution is 5.91. The van der Waals surface area contributed by atoms with E-state index in [1.165, 1.54) is 18.9 Å². The Hall–Kier alpha value is -2.69. The Kier molecular flexibility index (Phi) is 10.6. The number of pyridine rings is 1. The van der Waals surface area contributed by atoms with Crippen LogP contribution in [0.3, 0.4) is 0 Å². The van der Waals surface area contributed by atoms with Crippen LogP contribution >= 0.6 is 0 Å². The van der Waals surface area contributed by atoms with Crippen molar-refractivity contribution in [3.05, 3.63) is 60.5 Å². The number of benzene rings is 1. The van der Waals surface area contributed by atoms with Gasteiger partial charge in [0.2, 0.25) is 5.88 Å². The van der Waals surface area contributed by atoms with E-state index < -0.39 is 11.7 Å². The summed E-state index contributed by atoms with van der Waals surface area (Å²) in [6.45, 7) is 6.45. The van der Waals surface area contributed by atoms with Gasteiger partial charge in [0.25, 0.3) is 5.91 Å². The number of allylic oxidation sites excluding steroid dienone is 1. The molecule has 2 aromatic rings. The Labute approximate surface area is 179 Å². The van der Waals surface area contributed by atoms with Crippen LogP contribution in [0.5, 0.6) is 5.88 Å². The van der Waals surface area contributed by atoms with Gasteiger partial charge in [-0.3, -0.25) is 4.79 Å². The molecular formula is C25H33FN2O2. The molecule has 5 heteroatoms. The number of carbonyl (C=O) groups is 1. The lowest BCUT2D eigenvalue weighted by Crippen LogP contribution is -2.25. The number of hydrogen-bond acceptors (Lipinski definition) is 3. The minimum atomic E-state index is -0.697. The summed E-state index contributed by atoms with van der Waals surface area (Å²) < 4.78 is 19.4. The summed E-state index contributed by atoms with van der Waals surface area (Å²) in [7, 11) is 0. The van der Waals surface area contributed by atoms with E-state index in [0.717, 1.165) is 48.6 Å². The predicted molar refractivity (Wildman–Crippen MR) is 121 cm³/mol. The maximum absolute atomic E-state index is 13.6. The summed E-state index contributed by atoms with van der Waals surface area (Å²) in [5.41, 5.74) is 1.75. The number of nitrogens with zero attached hydrogens (tertiary/aromatic N) is 1. The van der Waals surface area contributed by atoms with Gasteiger partial charge in [0, 0.05) is 18.0 Å². The van der Waals surface area contributed by atoms with Gasteiger partial charge in [-0.05, 0) is 44.4 Å². The first-order chi connectivity index (χ1) is 14.6. The fourth-order valence-corrected chi connectivity index (χ4v) is 3.07. The van der Waals surface area contributed by atoms with Crippen molar-refractivity contribution < 1.29 is 13.9 Å². The summed E-state index contributed by atoms with van der Waals surface area (Å²) in [4.78, 5) is 16.0. The molecule has 0 saturated carbocycles. The third kappa shape index (κ3) is 9.21. The van der Waals surface area contributed by atoms with Gasteiger partial charge < -0.3 is 10.1 Å². The molecular weight excluding hydrogens is 379 g/mol. The van der Waals surface area contributed by atoms with Crippen molar-refractivity contribution in [1.82, 2.24) is 10.3 Å². The molecule has 0 aliphatic heterocycles. The molecule has 2 rings (SSSR count). The number of amides is 1. The molecule has 30 heavy (non-hydrogen) atoms. The summed E-state index contributed by atoms with van der Waals surface area (Å²) in [6, 6.07) is 12.0. The third-order valence-corrected chi connectivity index (χ3v) is 4.76. The number of carbonyl (C=O) groups excluding carboxylic acids is 1. The molecule has 0 unspecified atom stereocenters. The van der Waals surface area contributed by atoms with Crippen LogP contribution in [0.1, 0.15) is 58.3 Å². The quantitative estimate of drug-likeness (QED) is 0.226. The molecule has 1 amide bonds. The van der Waals surface area contributed by atoms with Gasteiger partial charge in [0.05, 0.1) is 12.1 Å². The second kappa shape index (κ2) is 13.5. The summed E-state index contributed by atoms with van der Waals surface area (Å²) in [5, 5.41) is 3.61. The van der Waals surface area contributed by atoms with E-state index >= 15 is 0 Å². The highest BCUT2D eigenvalue weighted by atomic mass is 19.1. The Morgan fingerprint density at radius 3 is 2.53 bits per heavy atom. The van der Waals surface area contributed by atoms with E-state index in [2.05, 4.69) is 16.9 Å². The number of aromatic nitrogens is 1. The van der Waals surface area contributed by atoms with Crippen LogP contribution in [0, 0.1) is 0 Å². The monoisotopic (exact) mass is 412 g/mol. The molecule has 1 aromatic heterocycles. The van der Waals surface area contributed by atoms with Crippen molar-refractivity contribution in [3.8, 4) is 5.88 Å². The number of hydrogen-bond donors (Lipinski definition) is 1. The predicted octanol–water partition coefficient (Wildman–Crippen LogP) is 6.28. The molecule has 0 aliphatic rings. The smallest absolute Gasteiger partial charge is 0.279 e. The molecule has 0 saturated heterocycles. The van der Waals surface area contributed by atoms with Gasteiger partial charge in [0.1, 0.15) is 0 Å². The van der Waals surface area contributed by atoms with Gasteiger partial charge in [-0.15, -0.1) is 0 Å². The van der Waals surface area contributed by atoms with Crippen molar-refractivity contribution in [2.75, 3.05) is 13.2 Å². The zero-order valence-electron chi connectivity index (χ0n) is 18.0. The van der Waals surface area contributed by atoms with Gasteiger partial charge in [-0.1, -0.05) is 62.5 Å². The van der Waals surface area contributed by atoms with E-state index in [9.17, 15) is 9.18 Å². The van der Waals surface area contributed by atoms with E-state index in [-0.39, 0.29) is 0 Å². The Bertz CT molecular complexity index is 848. The fourth-order valence-electron chi connectivity index (χ4n) is 3.07. The molecule has 0 spiro atoms. The number of unbranched alkanes of at least 4 members (excludes halogenated alkanes) is 7. The van der Waals surface area contributed by atoms with Crippen molar-refractivity contribution in [3.63, 3.8) is 0 Å². The molecule has 0 atom stereocenters. The van der Waals surface area contributed by atoms with E-state index in [4.69, 9.17) is 4.74 Å². The van der Waals surface area contributed by atoms with E-state index in [1.54, 1.807) is 6.92 Å². The van der Waals surface area contributed by atoms with Crippen molar-refractivity contribution in [2.45, 2.75) is 58.3 Å². The number of para-hydroxylation sites is 1. The molecule has 0 aliphatic carbocycles. The van der Waals surface area contributed by atoms with Crippen LogP contribution in [0.2, 0.25) is 0 Å². The zero-order chi connectivity index (χ0) is 21.6. The first kappa shape index (κ1) is 23.6. The molecule has 1 heterocycles. The van der Waals surface area contributed by atoms with Crippen molar-refractivity contribution >= 4 is 16.8 Å². The van der Waals surface area contributed by atoms with Crippen LogP contribution in [0.25, 0.3) is 10.9 Å². The molecule has 162 valence electrons. The first-order valence-corrected chi connectivity index (χ1v) is 10.8. The summed E-state index contributed by atoms with van der Waals surface area (Å²) in [5.74, 6) is -0.668. The highest BCUT2D eigenvalue weighted by Crippen LogP contribution is 2.16. The first-order valence-electron chi connectivity index (χ1n) is 10.8. The van der Waals surface area contributed by atoms with Crippen LogP contribution in [-0.4, -0.2) is 24.0 Å². The van der Waals surface area contributed by atoms with Gasteiger partial charge in [-0.25, -0.2) is 9.37 Å². The maximum Gasteiger partial charge on any atom is 0.279 e. The average Bonchev–Trinajstić information content (AvgIpc) is 2.75. The van der Waals surface area contributed by atoms with Crippen molar-refractivity contribution in [1.29, 1.82) is 0 Å². The normalized spacial score (nSPS) is 11.5. The highest BCUT2D eigenvalue weighted by Gasteiger charge is 2.06. The number of halogens is 1. The Morgan fingerprint density at radius 1 is 1.07 bits per heavy atom. The molecule has 1 aromatic carbocycles. The van der Waals surface area contributed by atoms with Crippen molar-refractivity contribution in [2.24, 2.45) is 0 Å². The lowest BCUT2D eigenvalue weighted by atomic mass is 10.1. The van der Waals surface area contributed by atoms with Crippen LogP contribution in [0.15, 0.2) is 60.5 Å². The lowest BCUT2D eigenvalue weighted by Gasteiger charge is -2.06. The summed E-state index contributed by atoms with van der Waals surface area (Å²) in [6.07, 6.45) is 9.54. The maximum atomic E-state index is 13.6. The Morgan fingerprint density at radius 2 is 1.77 bits per heavy atom. The molecule has 0 bridgehead atoms. The third-order valence-electron chi connectivity index (χ3n) is 4.76. The number of nitrogens with one attached hydrogen (secondary N) is 1. The van der Waals surface area contributed by atoms with Crippen LogP contribution in [0.4, 0.5) is 4.39 Å². The molecule has 4 nitrogen and oxygen atoms in total. The van der Waals surface area contributed by atoms with Crippen LogP contribution in [-0.2, 0) is 4.79 Å². The minimum absolute atomic E-state index is 0.309. The van der Waals surface area contributed by atoms with E-state index in [1.807, 2.05) is 36.4 Å². The van der Waals surface area contributed by atoms with Gasteiger partial charge in [0.15, 0.2) is 5.83 Å².